The molecule has 2 heterocycles. The van der Waals surface area contributed by atoms with Gasteiger partial charge in [0.05, 0.1) is 15.9 Å². The number of anilines is 1. The highest BCUT2D eigenvalue weighted by Gasteiger charge is 2.21. The molecule has 1 fully saturated rings. The van der Waals surface area contributed by atoms with Gasteiger partial charge in [0, 0.05) is 19.8 Å². The summed E-state index contributed by atoms with van der Waals surface area (Å²) in [4.78, 5) is 6.75. The first-order chi connectivity index (χ1) is 7.84. The number of rotatable bonds is 4. The molecule has 3 rings (SSSR count). The Morgan fingerprint density at radius 3 is 3.12 bits per heavy atom. The molecule has 3 heteroatoms. The maximum Gasteiger partial charge on any atom is 0.0830 e. The predicted molar refractivity (Wildman–Crippen MR) is 70.2 cm³/mol. The van der Waals surface area contributed by atoms with Crippen LogP contribution in [0.15, 0.2) is 23.7 Å². The van der Waals surface area contributed by atoms with Crippen molar-refractivity contribution in [3.8, 4) is 0 Å². The number of thiophene rings is 1. The Morgan fingerprint density at radius 2 is 2.31 bits per heavy atom. The zero-order valence-electron chi connectivity index (χ0n) is 9.52. The number of fused-ring (bicyclic) bond motifs is 1. The lowest BCUT2D eigenvalue weighted by Gasteiger charge is -2.19. The molecule has 1 aliphatic rings. The maximum atomic E-state index is 4.38. The molecular weight excluding hydrogens is 216 g/mol. The van der Waals surface area contributed by atoms with E-state index in [0.717, 1.165) is 11.4 Å². The molecule has 0 N–H and O–H groups in total. The van der Waals surface area contributed by atoms with Gasteiger partial charge in [-0.25, -0.2) is 0 Å². The normalized spacial score (nSPS) is 15.6. The van der Waals surface area contributed by atoms with E-state index in [0.29, 0.717) is 0 Å². The van der Waals surface area contributed by atoms with E-state index in [2.05, 4.69) is 34.4 Å². The lowest BCUT2D eigenvalue weighted by Crippen LogP contribution is -2.18. The van der Waals surface area contributed by atoms with Gasteiger partial charge in [0.1, 0.15) is 0 Å². The summed E-state index contributed by atoms with van der Waals surface area (Å²) in [6, 6.07) is 4.23. The average Bonchev–Trinajstić information content (AvgIpc) is 3.01. The van der Waals surface area contributed by atoms with Crippen molar-refractivity contribution in [1.82, 2.24) is 4.98 Å². The Labute approximate surface area is 99.9 Å². The van der Waals surface area contributed by atoms with E-state index < -0.39 is 0 Å². The Kier molecular flexibility index (Phi) is 2.56. The minimum atomic E-state index is 1.00. The first kappa shape index (κ1) is 10.1. The highest BCUT2D eigenvalue weighted by molar-refractivity contribution is 7.17. The van der Waals surface area contributed by atoms with Crippen molar-refractivity contribution in [2.75, 3.05) is 18.5 Å². The van der Waals surface area contributed by atoms with Crippen LogP contribution in [-0.2, 0) is 0 Å². The van der Waals surface area contributed by atoms with Crippen LogP contribution in [0.3, 0.4) is 0 Å². The van der Waals surface area contributed by atoms with Crippen molar-refractivity contribution in [1.29, 1.82) is 0 Å². The van der Waals surface area contributed by atoms with Gasteiger partial charge in [0.25, 0.3) is 0 Å². The first-order valence-corrected chi connectivity index (χ1v) is 6.76. The molecule has 0 unspecified atom stereocenters. The Bertz CT molecular complexity index is 487. The molecule has 0 radical (unpaired) electrons. The highest BCUT2D eigenvalue weighted by Crippen LogP contribution is 2.34. The van der Waals surface area contributed by atoms with Crippen LogP contribution in [-0.4, -0.2) is 18.6 Å². The standard InChI is InChI=1S/C13H16N2S/c1-15(8-5-10-2-3-10)12-4-7-14-11-6-9-16-13(11)12/h4,6-7,9-10H,2-3,5,8H2,1H3. The van der Waals surface area contributed by atoms with Crippen LogP contribution in [0.2, 0.25) is 0 Å². The minimum absolute atomic E-state index is 1.00. The SMILES string of the molecule is CN(CCC1CC1)c1ccnc2ccsc12. The molecule has 0 aliphatic heterocycles. The molecule has 0 atom stereocenters. The van der Waals surface area contributed by atoms with Gasteiger partial charge in [-0.3, -0.25) is 4.98 Å². The summed E-state index contributed by atoms with van der Waals surface area (Å²) in [6.45, 7) is 1.17. The number of hydrogen-bond acceptors (Lipinski definition) is 3. The van der Waals surface area contributed by atoms with E-state index in [4.69, 9.17) is 0 Å². The summed E-state index contributed by atoms with van der Waals surface area (Å²) < 4.78 is 1.32. The summed E-state index contributed by atoms with van der Waals surface area (Å²) >= 11 is 1.79. The second kappa shape index (κ2) is 4.06. The highest BCUT2D eigenvalue weighted by atomic mass is 32.1. The summed E-state index contributed by atoms with van der Waals surface area (Å²) in [6.07, 6.45) is 6.14. The van der Waals surface area contributed by atoms with Gasteiger partial charge in [-0.05, 0) is 29.9 Å². The first-order valence-electron chi connectivity index (χ1n) is 5.88. The largest absolute Gasteiger partial charge is 0.373 e. The molecule has 84 valence electrons. The molecule has 0 aromatic carbocycles. The van der Waals surface area contributed by atoms with Crippen LogP contribution in [0.5, 0.6) is 0 Å². The summed E-state index contributed by atoms with van der Waals surface area (Å²) in [5.41, 5.74) is 2.46. The van der Waals surface area contributed by atoms with Crippen LogP contribution in [0.1, 0.15) is 19.3 Å². The van der Waals surface area contributed by atoms with Gasteiger partial charge in [-0.2, -0.15) is 0 Å². The minimum Gasteiger partial charge on any atom is -0.373 e. The average molecular weight is 232 g/mol. The van der Waals surface area contributed by atoms with Gasteiger partial charge < -0.3 is 4.90 Å². The monoisotopic (exact) mass is 232 g/mol. The molecule has 0 amide bonds. The van der Waals surface area contributed by atoms with E-state index in [1.165, 1.54) is 36.2 Å². The smallest absolute Gasteiger partial charge is 0.0830 e. The lowest BCUT2D eigenvalue weighted by atomic mass is 10.2. The second-order valence-corrected chi connectivity index (χ2v) is 5.53. The maximum absolute atomic E-state index is 4.38. The van der Waals surface area contributed by atoms with Crippen molar-refractivity contribution < 1.29 is 0 Å². The third-order valence-electron chi connectivity index (χ3n) is 3.30. The van der Waals surface area contributed by atoms with Crippen molar-refractivity contribution in [2.24, 2.45) is 5.92 Å². The van der Waals surface area contributed by atoms with Crippen LogP contribution in [0, 0.1) is 5.92 Å². The number of nitrogens with zero attached hydrogens (tertiary/aromatic N) is 2. The van der Waals surface area contributed by atoms with Crippen LogP contribution in [0.25, 0.3) is 10.2 Å². The predicted octanol–water partition coefficient (Wildman–Crippen LogP) is 3.53. The van der Waals surface area contributed by atoms with Crippen molar-refractivity contribution >= 4 is 27.2 Å². The van der Waals surface area contributed by atoms with Crippen LogP contribution < -0.4 is 4.90 Å². The van der Waals surface area contributed by atoms with E-state index in [1.807, 2.05) is 6.20 Å². The van der Waals surface area contributed by atoms with Gasteiger partial charge in [0.15, 0.2) is 0 Å². The molecule has 1 saturated carbocycles. The fourth-order valence-electron chi connectivity index (χ4n) is 2.06. The number of pyridine rings is 1. The zero-order valence-corrected chi connectivity index (χ0v) is 10.3. The quantitative estimate of drug-likeness (QED) is 0.801. The zero-order chi connectivity index (χ0) is 11.0. The fraction of sp³-hybridized carbons (Fsp3) is 0.462. The third-order valence-corrected chi connectivity index (χ3v) is 4.23. The van der Waals surface area contributed by atoms with E-state index in [1.54, 1.807) is 11.3 Å². The summed E-state index contributed by atoms with van der Waals surface area (Å²) in [7, 11) is 2.19. The Balaban J connectivity index is 1.82. The van der Waals surface area contributed by atoms with Gasteiger partial charge in [-0.1, -0.05) is 12.8 Å². The lowest BCUT2D eigenvalue weighted by molar-refractivity contribution is 0.712. The Morgan fingerprint density at radius 1 is 1.44 bits per heavy atom. The topological polar surface area (TPSA) is 16.1 Å². The Hall–Kier alpha value is -1.09. The van der Waals surface area contributed by atoms with Gasteiger partial charge >= 0.3 is 0 Å². The molecule has 2 nitrogen and oxygen atoms in total. The molecule has 2 aromatic heterocycles. The molecule has 0 saturated heterocycles. The number of hydrogen-bond donors (Lipinski definition) is 0. The van der Waals surface area contributed by atoms with Crippen LogP contribution >= 0.6 is 11.3 Å². The van der Waals surface area contributed by atoms with Crippen molar-refractivity contribution in [3.05, 3.63) is 23.7 Å². The molecule has 1 aliphatic carbocycles. The molecule has 2 aromatic rings. The number of aromatic nitrogens is 1. The van der Waals surface area contributed by atoms with Gasteiger partial charge in [-0.15, -0.1) is 11.3 Å². The fourth-order valence-corrected chi connectivity index (χ4v) is 2.98. The van der Waals surface area contributed by atoms with E-state index >= 15 is 0 Å². The molecule has 16 heavy (non-hydrogen) atoms. The molecule has 0 bridgehead atoms. The van der Waals surface area contributed by atoms with Crippen molar-refractivity contribution in [3.63, 3.8) is 0 Å². The molecule has 0 spiro atoms. The third kappa shape index (κ3) is 1.92. The summed E-state index contributed by atoms with van der Waals surface area (Å²) in [5.74, 6) is 1.00. The van der Waals surface area contributed by atoms with Gasteiger partial charge in [0.2, 0.25) is 0 Å². The second-order valence-electron chi connectivity index (χ2n) is 4.62. The molecular formula is C13H16N2S. The van der Waals surface area contributed by atoms with Crippen molar-refractivity contribution in [2.45, 2.75) is 19.3 Å². The van der Waals surface area contributed by atoms with E-state index in [9.17, 15) is 0 Å². The van der Waals surface area contributed by atoms with Crippen LogP contribution in [0.4, 0.5) is 5.69 Å². The summed E-state index contributed by atoms with van der Waals surface area (Å²) in [5, 5.41) is 2.12. The van der Waals surface area contributed by atoms with E-state index in [-0.39, 0.29) is 0 Å².